The van der Waals surface area contributed by atoms with Gasteiger partial charge in [-0.05, 0) is 56.2 Å². The minimum atomic E-state index is -1.10. The molecule has 0 aliphatic heterocycles. The third-order valence-corrected chi connectivity index (χ3v) is 5.72. The second kappa shape index (κ2) is 8.24. The zero-order valence-corrected chi connectivity index (χ0v) is 17.6. The summed E-state index contributed by atoms with van der Waals surface area (Å²) in [4.78, 5) is 24.7. The molecule has 0 heterocycles. The highest BCUT2D eigenvalue weighted by atomic mass is 79.9. The van der Waals surface area contributed by atoms with Crippen LogP contribution < -0.4 is 0 Å². The topological polar surface area (TPSA) is 34.1 Å². The van der Waals surface area contributed by atoms with Crippen LogP contribution in [-0.4, -0.2) is 11.6 Å². The summed E-state index contributed by atoms with van der Waals surface area (Å²) in [6.45, 7) is 4.71. The van der Waals surface area contributed by atoms with E-state index in [1.54, 1.807) is 6.92 Å². The summed E-state index contributed by atoms with van der Waals surface area (Å²) in [6, 6.07) is 15.6. The number of hydrogen-bond acceptors (Lipinski definition) is 2. The minimum absolute atomic E-state index is 0.131. The molecule has 0 bridgehead atoms. The largest absolute Gasteiger partial charge is 0.299 e. The Morgan fingerprint density at radius 3 is 1.76 bits per heavy atom. The molecule has 4 heteroatoms. The van der Waals surface area contributed by atoms with Crippen LogP contribution in [0.1, 0.15) is 37.8 Å². The first-order valence-corrected chi connectivity index (χ1v) is 9.55. The molecule has 0 aromatic heterocycles. The summed E-state index contributed by atoms with van der Waals surface area (Å²) in [7, 11) is 0. The van der Waals surface area contributed by atoms with Crippen LogP contribution in [0.3, 0.4) is 0 Å². The van der Waals surface area contributed by atoms with E-state index >= 15 is 0 Å². The van der Waals surface area contributed by atoms with E-state index in [9.17, 15) is 9.59 Å². The van der Waals surface area contributed by atoms with E-state index < -0.39 is 5.41 Å². The lowest BCUT2D eigenvalue weighted by Gasteiger charge is -2.32. The molecule has 0 amide bonds. The number of carbonyl (C=O) groups is 2. The van der Waals surface area contributed by atoms with Crippen LogP contribution in [0.2, 0.25) is 0 Å². The maximum Gasteiger partial charge on any atom is 0.143 e. The molecular weight excluding hydrogens is 444 g/mol. The maximum atomic E-state index is 12.4. The van der Waals surface area contributed by atoms with Crippen molar-refractivity contribution in [2.75, 3.05) is 0 Å². The SMILES string of the molecule is CC(=O)C(C)(C(C)=O)C(/C=C/c1ccc(Br)cc1)c1ccc(Br)cc1. The lowest BCUT2D eigenvalue weighted by molar-refractivity contribution is -0.138. The first-order chi connectivity index (χ1) is 11.7. The lowest BCUT2D eigenvalue weighted by Crippen LogP contribution is -2.38. The Morgan fingerprint density at radius 1 is 0.880 bits per heavy atom. The molecule has 0 fully saturated rings. The third kappa shape index (κ3) is 4.56. The van der Waals surface area contributed by atoms with Crippen molar-refractivity contribution >= 4 is 49.5 Å². The van der Waals surface area contributed by atoms with E-state index in [0.29, 0.717) is 0 Å². The van der Waals surface area contributed by atoms with E-state index in [1.807, 2.05) is 60.7 Å². The Kier molecular flexibility index (Phi) is 6.53. The Morgan fingerprint density at radius 2 is 1.32 bits per heavy atom. The summed E-state index contributed by atoms with van der Waals surface area (Å²) in [5, 5.41) is 0. The molecule has 1 unspecified atom stereocenters. The quantitative estimate of drug-likeness (QED) is 0.478. The van der Waals surface area contributed by atoms with Crippen LogP contribution in [0.15, 0.2) is 63.6 Å². The standard InChI is InChI=1S/C21H20Br2O2/c1-14(24)21(3,15(2)25)20(17-7-11-19(23)12-8-17)13-6-16-4-9-18(22)10-5-16/h4-13,20H,1-3H3/b13-6+. The maximum absolute atomic E-state index is 12.4. The second-order valence-corrected chi connectivity index (χ2v) is 8.09. The van der Waals surface area contributed by atoms with Crippen molar-refractivity contribution < 1.29 is 9.59 Å². The highest BCUT2D eigenvalue weighted by molar-refractivity contribution is 9.10. The van der Waals surface area contributed by atoms with Crippen LogP contribution in [-0.2, 0) is 9.59 Å². The van der Waals surface area contributed by atoms with Crippen molar-refractivity contribution in [3.8, 4) is 0 Å². The predicted molar refractivity (Wildman–Crippen MR) is 110 cm³/mol. The average molecular weight is 464 g/mol. The van der Waals surface area contributed by atoms with Crippen LogP contribution in [0.4, 0.5) is 0 Å². The van der Waals surface area contributed by atoms with Crippen molar-refractivity contribution in [1.82, 2.24) is 0 Å². The minimum Gasteiger partial charge on any atom is -0.299 e. The number of hydrogen-bond donors (Lipinski definition) is 0. The van der Waals surface area contributed by atoms with Gasteiger partial charge in [0.1, 0.15) is 11.6 Å². The molecule has 0 aliphatic rings. The highest BCUT2D eigenvalue weighted by Gasteiger charge is 2.42. The fraction of sp³-hybridized carbons (Fsp3) is 0.238. The third-order valence-electron chi connectivity index (χ3n) is 4.66. The number of allylic oxidation sites excluding steroid dienone is 1. The normalized spacial score (nSPS) is 13.0. The average Bonchev–Trinajstić information content (AvgIpc) is 2.57. The van der Waals surface area contributed by atoms with Gasteiger partial charge in [0.15, 0.2) is 0 Å². The fourth-order valence-electron chi connectivity index (χ4n) is 2.77. The van der Waals surface area contributed by atoms with Crippen molar-refractivity contribution in [1.29, 1.82) is 0 Å². The van der Waals surface area contributed by atoms with Crippen LogP contribution >= 0.6 is 31.9 Å². The number of rotatable bonds is 6. The van der Waals surface area contributed by atoms with Crippen LogP contribution in [0, 0.1) is 5.41 Å². The van der Waals surface area contributed by atoms with E-state index in [1.165, 1.54) is 13.8 Å². The van der Waals surface area contributed by atoms with Gasteiger partial charge in [0.05, 0.1) is 5.41 Å². The Bertz CT molecular complexity index is 776. The van der Waals surface area contributed by atoms with Gasteiger partial charge in [-0.1, -0.05) is 68.3 Å². The van der Waals surface area contributed by atoms with Crippen molar-refractivity contribution in [3.63, 3.8) is 0 Å². The van der Waals surface area contributed by atoms with Crippen LogP contribution in [0.25, 0.3) is 6.08 Å². The van der Waals surface area contributed by atoms with E-state index in [0.717, 1.165) is 20.1 Å². The molecule has 2 aromatic rings. The molecule has 0 N–H and O–H groups in total. The molecule has 2 aromatic carbocycles. The summed E-state index contributed by atoms with van der Waals surface area (Å²) in [5.74, 6) is -0.596. The number of halogens is 2. The predicted octanol–water partition coefficient (Wildman–Crippen LogP) is 6.19. The van der Waals surface area contributed by atoms with Crippen molar-refractivity contribution in [2.45, 2.75) is 26.7 Å². The van der Waals surface area contributed by atoms with Gasteiger partial charge in [-0.25, -0.2) is 0 Å². The molecule has 130 valence electrons. The van der Waals surface area contributed by atoms with E-state index in [-0.39, 0.29) is 17.5 Å². The molecule has 2 nitrogen and oxygen atoms in total. The Balaban J connectivity index is 2.51. The van der Waals surface area contributed by atoms with Gasteiger partial charge in [0.2, 0.25) is 0 Å². The van der Waals surface area contributed by atoms with Gasteiger partial charge in [0.25, 0.3) is 0 Å². The van der Waals surface area contributed by atoms with Gasteiger partial charge >= 0.3 is 0 Å². The van der Waals surface area contributed by atoms with Gasteiger partial charge in [-0.3, -0.25) is 9.59 Å². The van der Waals surface area contributed by atoms with Gasteiger partial charge in [0, 0.05) is 14.9 Å². The van der Waals surface area contributed by atoms with E-state index in [2.05, 4.69) is 31.9 Å². The molecule has 0 spiro atoms. The number of ketones is 2. The molecule has 0 saturated carbocycles. The molecule has 0 saturated heterocycles. The first-order valence-electron chi connectivity index (χ1n) is 7.96. The molecule has 0 aliphatic carbocycles. The van der Waals surface area contributed by atoms with Gasteiger partial charge in [-0.2, -0.15) is 0 Å². The number of benzene rings is 2. The molecule has 0 radical (unpaired) electrons. The van der Waals surface area contributed by atoms with Crippen LogP contribution in [0.5, 0.6) is 0 Å². The molecular formula is C21H20Br2O2. The zero-order chi connectivity index (χ0) is 18.6. The fourth-order valence-corrected chi connectivity index (χ4v) is 3.30. The first kappa shape index (κ1) is 19.8. The van der Waals surface area contributed by atoms with Crippen molar-refractivity contribution in [3.05, 3.63) is 74.7 Å². The monoisotopic (exact) mass is 462 g/mol. The second-order valence-electron chi connectivity index (χ2n) is 6.25. The molecule has 2 rings (SSSR count). The van der Waals surface area contributed by atoms with E-state index in [4.69, 9.17) is 0 Å². The lowest BCUT2D eigenvalue weighted by atomic mass is 9.68. The van der Waals surface area contributed by atoms with Crippen molar-refractivity contribution in [2.24, 2.45) is 5.41 Å². The molecule has 1 atom stereocenters. The Labute approximate surface area is 165 Å². The van der Waals surface area contributed by atoms with Gasteiger partial charge in [-0.15, -0.1) is 0 Å². The number of Topliss-reactive ketones (excluding diaryl/α,β-unsaturated/α-hetero) is 2. The number of carbonyl (C=O) groups excluding carboxylic acids is 2. The Hall–Kier alpha value is -1.52. The highest BCUT2D eigenvalue weighted by Crippen LogP contribution is 2.39. The zero-order valence-electron chi connectivity index (χ0n) is 14.4. The summed E-state index contributed by atoms with van der Waals surface area (Å²) < 4.78 is 1.96. The summed E-state index contributed by atoms with van der Waals surface area (Å²) in [6.07, 6.45) is 3.92. The smallest absolute Gasteiger partial charge is 0.143 e. The molecule has 25 heavy (non-hydrogen) atoms. The summed E-state index contributed by atoms with van der Waals surface area (Å²) >= 11 is 6.85. The van der Waals surface area contributed by atoms with Gasteiger partial charge < -0.3 is 0 Å². The summed E-state index contributed by atoms with van der Waals surface area (Å²) in [5.41, 5.74) is 0.851.